The fourth-order valence-electron chi connectivity index (χ4n) is 2.87. The van der Waals surface area contributed by atoms with Crippen LogP contribution in [0.5, 0.6) is 0 Å². The van der Waals surface area contributed by atoms with Crippen molar-refractivity contribution in [2.45, 2.75) is 23.3 Å². The lowest BCUT2D eigenvalue weighted by atomic mass is 10.1. The smallest absolute Gasteiger partial charge is 0.241 e. The van der Waals surface area contributed by atoms with Gasteiger partial charge in [0.1, 0.15) is 0 Å². The molecule has 0 fully saturated rings. The first-order valence-corrected chi connectivity index (χ1v) is 11.5. The normalized spacial score (nSPS) is 12.1. The van der Waals surface area contributed by atoms with E-state index in [0.29, 0.717) is 22.0 Å². The fraction of sp³-hybridized carbons (Fsp3) is 0.105. The minimum absolute atomic E-state index is 0.0327. The number of sulfonamides is 2. The number of primary sulfonamides is 1. The van der Waals surface area contributed by atoms with Crippen LogP contribution in [0.15, 0.2) is 70.5 Å². The van der Waals surface area contributed by atoms with Gasteiger partial charge in [-0.2, -0.15) is 0 Å². The summed E-state index contributed by atoms with van der Waals surface area (Å²) in [4.78, 5) is 11.4. The molecule has 0 spiro atoms. The zero-order valence-corrected chi connectivity index (χ0v) is 17.0. The number of rotatable bonds is 6. The Bertz CT molecular complexity index is 1290. The molecule has 3 aromatic carbocycles. The number of carbonyl (C=O) groups is 1. The number of carbonyl (C=O) groups excluding carboxylic acids is 1. The van der Waals surface area contributed by atoms with Crippen LogP contribution >= 0.6 is 0 Å². The molecular formula is C19H19N3O5S2. The summed E-state index contributed by atoms with van der Waals surface area (Å²) in [6.45, 7) is 1.34. The van der Waals surface area contributed by atoms with Gasteiger partial charge in [-0.05, 0) is 29.8 Å². The van der Waals surface area contributed by atoms with E-state index in [0.717, 1.165) is 0 Å². The van der Waals surface area contributed by atoms with E-state index in [2.05, 4.69) is 10.0 Å². The van der Waals surface area contributed by atoms with E-state index >= 15 is 0 Å². The molecule has 29 heavy (non-hydrogen) atoms. The molecule has 0 atom stereocenters. The first-order valence-electron chi connectivity index (χ1n) is 8.49. The standard InChI is InChI=1S/C19H19N3O5S2/c1-13(23)22-18-6-2-5-17-16(18)4-3-7-19(17)29(26,27)21-12-14-8-10-15(11-9-14)28(20,24)25/h2-11,21H,12H2,1H3,(H,22,23)(H2,20,24,25). The van der Waals surface area contributed by atoms with Crippen LogP contribution in [0.2, 0.25) is 0 Å². The molecule has 3 aromatic rings. The third-order valence-electron chi connectivity index (χ3n) is 4.20. The highest BCUT2D eigenvalue weighted by atomic mass is 32.2. The van der Waals surface area contributed by atoms with Crippen LogP contribution in [0.4, 0.5) is 5.69 Å². The molecule has 8 nitrogen and oxygen atoms in total. The second kappa shape index (κ2) is 7.91. The molecular weight excluding hydrogens is 414 g/mol. The van der Waals surface area contributed by atoms with Crippen molar-refractivity contribution < 1.29 is 21.6 Å². The molecule has 0 aliphatic heterocycles. The summed E-state index contributed by atoms with van der Waals surface area (Å²) in [5.74, 6) is -0.258. The monoisotopic (exact) mass is 433 g/mol. The van der Waals surface area contributed by atoms with Crippen molar-refractivity contribution in [1.29, 1.82) is 0 Å². The second-order valence-corrected chi connectivity index (χ2v) is 9.65. The van der Waals surface area contributed by atoms with Gasteiger partial charge in [-0.15, -0.1) is 0 Å². The van der Waals surface area contributed by atoms with Crippen LogP contribution in [-0.2, 0) is 31.4 Å². The molecule has 0 saturated heterocycles. The van der Waals surface area contributed by atoms with Gasteiger partial charge in [-0.3, -0.25) is 4.79 Å². The number of hydrogen-bond donors (Lipinski definition) is 3. The quantitative estimate of drug-likeness (QED) is 0.546. The number of nitrogens with one attached hydrogen (secondary N) is 2. The van der Waals surface area contributed by atoms with E-state index < -0.39 is 20.0 Å². The van der Waals surface area contributed by atoms with Gasteiger partial charge >= 0.3 is 0 Å². The lowest BCUT2D eigenvalue weighted by molar-refractivity contribution is -0.114. The lowest BCUT2D eigenvalue weighted by Gasteiger charge is -2.12. The van der Waals surface area contributed by atoms with Crippen LogP contribution in [0, 0.1) is 0 Å². The highest BCUT2D eigenvalue weighted by molar-refractivity contribution is 7.89. The van der Waals surface area contributed by atoms with E-state index in [1.54, 1.807) is 30.3 Å². The van der Waals surface area contributed by atoms with Crippen LogP contribution in [0.1, 0.15) is 12.5 Å². The average molecular weight is 434 g/mol. The topological polar surface area (TPSA) is 135 Å². The van der Waals surface area contributed by atoms with Crippen molar-refractivity contribution in [3.8, 4) is 0 Å². The van der Waals surface area contributed by atoms with Gasteiger partial charge in [0.15, 0.2) is 0 Å². The number of amides is 1. The lowest BCUT2D eigenvalue weighted by Crippen LogP contribution is -2.23. The third kappa shape index (κ3) is 4.80. The van der Waals surface area contributed by atoms with Gasteiger partial charge in [0.05, 0.1) is 9.79 Å². The summed E-state index contributed by atoms with van der Waals surface area (Å²) in [5.41, 5.74) is 1.09. The number of nitrogens with two attached hydrogens (primary N) is 1. The predicted octanol–water partition coefficient (Wildman–Crippen LogP) is 1.92. The van der Waals surface area contributed by atoms with Gasteiger partial charge in [0, 0.05) is 29.9 Å². The molecule has 0 bridgehead atoms. The molecule has 10 heteroatoms. The molecule has 0 heterocycles. The average Bonchev–Trinajstić information content (AvgIpc) is 2.65. The Morgan fingerprint density at radius 1 is 0.897 bits per heavy atom. The van der Waals surface area contributed by atoms with Crippen molar-refractivity contribution in [3.63, 3.8) is 0 Å². The van der Waals surface area contributed by atoms with E-state index in [4.69, 9.17) is 5.14 Å². The summed E-state index contributed by atoms with van der Waals surface area (Å²) in [6.07, 6.45) is 0. The highest BCUT2D eigenvalue weighted by Gasteiger charge is 2.18. The predicted molar refractivity (Wildman–Crippen MR) is 110 cm³/mol. The van der Waals surface area contributed by atoms with Crippen molar-refractivity contribution in [1.82, 2.24) is 4.72 Å². The Labute approximate surface area is 168 Å². The van der Waals surface area contributed by atoms with Gasteiger partial charge in [-0.1, -0.05) is 36.4 Å². The molecule has 3 rings (SSSR count). The van der Waals surface area contributed by atoms with E-state index in [-0.39, 0.29) is 22.2 Å². The van der Waals surface area contributed by atoms with Crippen LogP contribution < -0.4 is 15.2 Å². The molecule has 0 aliphatic rings. The summed E-state index contributed by atoms with van der Waals surface area (Å²) in [6, 6.07) is 15.4. The van der Waals surface area contributed by atoms with Crippen molar-refractivity contribution >= 4 is 42.4 Å². The fourth-order valence-corrected chi connectivity index (χ4v) is 4.62. The Kier molecular flexibility index (Phi) is 5.71. The zero-order chi connectivity index (χ0) is 21.2. The van der Waals surface area contributed by atoms with Crippen molar-refractivity contribution in [2.24, 2.45) is 5.14 Å². The van der Waals surface area contributed by atoms with Crippen LogP contribution in [0.3, 0.4) is 0 Å². The maximum atomic E-state index is 12.9. The minimum atomic E-state index is -3.87. The molecule has 0 saturated carbocycles. The van der Waals surface area contributed by atoms with Gasteiger partial charge in [-0.25, -0.2) is 26.7 Å². The Morgan fingerprint density at radius 3 is 2.14 bits per heavy atom. The number of benzene rings is 3. The molecule has 1 amide bonds. The Morgan fingerprint density at radius 2 is 1.52 bits per heavy atom. The SMILES string of the molecule is CC(=O)Nc1cccc2c(S(=O)(=O)NCc3ccc(S(N)(=O)=O)cc3)cccc12. The van der Waals surface area contributed by atoms with Crippen molar-refractivity contribution in [3.05, 3.63) is 66.2 Å². The first kappa shape index (κ1) is 20.9. The maximum absolute atomic E-state index is 12.9. The van der Waals surface area contributed by atoms with E-state index in [1.807, 2.05) is 0 Å². The second-order valence-electron chi connectivity index (χ2n) is 6.35. The minimum Gasteiger partial charge on any atom is -0.326 e. The van der Waals surface area contributed by atoms with Gasteiger partial charge in [0.2, 0.25) is 26.0 Å². The summed E-state index contributed by atoms with van der Waals surface area (Å²) >= 11 is 0. The highest BCUT2D eigenvalue weighted by Crippen LogP contribution is 2.29. The van der Waals surface area contributed by atoms with E-state index in [9.17, 15) is 21.6 Å². The molecule has 0 aliphatic carbocycles. The molecule has 4 N–H and O–H groups in total. The summed E-state index contributed by atoms with van der Waals surface area (Å²) in [5, 5.41) is 8.81. The first-order chi connectivity index (χ1) is 13.6. The van der Waals surface area contributed by atoms with Gasteiger partial charge in [0.25, 0.3) is 0 Å². The van der Waals surface area contributed by atoms with Crippen molar-refractivity contribution in [2.75, 3.05) is 5.32 Å². The molecule has 152 valence electrons. The molecule has 0 unspecified atom stereocenters. The van der Waals surface area contributed by atoms with E-state index in [1.165, 1.54) is 37.3 Å². The summed E-state index contributed by atoms with van der Waals surface area (Å²) < 4.78 is 50.8. The van der Waals surface area contributed by atoms with Crippen LogP contribution in [-0.4, -0.2) is 22.7 Å². The Hall–Kier alpha value is -2.79. The zero-order valence-electron chi connectivity index (χ0n) is 15.4. The number of anilines is 1. The van der Waals surface area contributed by atoms with Crippen LogP contribution in [0.25, 0.3) is 10.8 Å². The molecule has 0 aromatic heterocycles. The summed E-state index contributed by atoms with van der Waals surface area (Å²) in [7, 11) is -7.69. The van der Waals surface area contributed by atoms with Gasteiger partial charge < -0.3 is 5.32 Å². The molecule has 0 radical (unpaired) electrons. The Balaban J connectivity index is 1.90. The largest absolute Gasteiger partial charge is 0.326 e. The number of fused-ring (bicyclic) bond motifs is 1. The third-order valence-corrected chi connectivity index (χ3v) is 6.59. The maximum Gasteiger partial charge on any atom is 0.241 e. The number of hydrogen-bond acceptors (Lipinski definition) is 5.